The van der Waals surface area contributed by atoms with Crippen molar-refractivity contribution in [2.75, 3.05) is 26.7 Å². The summed E-state index contributed by atoms with van der Waals surface area (Å²) < 4.78 is 0. The van der Waals surface area contributed by atoms with Gasteiger partial charge in [-0.3, -0.25) is 0 Å². The summed E-state index contributed by atoms with van der Waals surface area (Å²) in [4.78, 5) is 2.42. The van der Waals surface area contributed by atoms with E-state index < -0.39 is 0 Å². The van der Waals surface area contributed by atoms with Gasteiger partial charge in [0, 0.05) is 6.04 Å². The molecule has 2 heteroatoms. The Morgan fingerprint density at radius 1 is 1.21 bits per heavy atom. The predicted molar refractivity (Wildman–Crippen MR) is 62.6 cm³/mol. The molecule has 1 rings (SSSR count). The van der Waals surface area contributed by atoms with Gasteiger partial charge in [0.1, 0.15) is 0 Å². The molecule has 0 radical (unpaired) electrons. The fraction of sp³-hybridized carbons (Fsp3) is 1.00. The first-order valence-corrected chi connectivity index (χ1v) is 5.89. The van der Waals surface area contributed by atoms with Crippen LogP contribution in [0.15, 0.2) is 0 Å². The van der Waals surface area contributed by atoms with Gasteiger partial charge < -0.3 is 10.2 Å². The normalized spacial score (nSPS) is 21.4. The van der Waals surface area contributed by atoms with E-state index in [1.165, 1.54) is 38.9 Å². The van der Waals surface area contributed by atoms with Crippen molar-refractivity contribution in [3.8, 4) is 0 Å². The molecule has 0 bridgehead atoms. The van der Waals surface area contributed by atoms with E-state index in [0.29, 0.717) is 5.41 Å². The Balaban J connectivity index is 2.08. The van der Waals surface area contributed by atoms with Gasteiger partial charge in [0.2, 0.25) is 0 Å². The molecule has 1 heterocycles. The molecule has 84 valence electrons. The summed E-state index contributed by atoms with van der Waals surface area (Å²) in [6, 6.07) is 0.772. The zero-order chi connectivity index (χ0) is 10.6. The maximum Gasteiger partial charge on any atom is 0.00914 e. The van der Waals surface area contributed by atoms with Crippen molar-refractivity contribution in [3.05, 3.63) is 0 Å². The molecule has 1 saturated heterocycles. The van der Waals surface area contributed by atoms with Gasteiger partial charge in [-0.1, -0.05) is 20.8 Å². The second kappa shape index (κ2) is 5.13. The lowest BCUT2D eigenvalue weighted by atomic mass is 9.92. The van der Waals surface area contributed by atoms with E-state index in [2.05, 4.69) is 38.0 Å². The highest BCUT2D eigenvalue weighted by Gasteiger charge is 2.16. The average molecular weight is 198 g/mol. The van der Waals surface area contributed by atoms with E-state index in [1.807, 2.05) is 0 Å². The Labute approximate surface area is 89.1 Å². The van der Waals surface area contributed by atoms with Crippen LogP contribution < -0.4 is 5.32 Å². The molecule has 0 aromatic rings. The van der Waals surface area contributed by atoms with Gasteiger partial charge in [0.25, 0.3) is 0 Å². The minimum atomic E-state index is 0.471. The molecule has 0 aliphatic carbocycles. The molecule has 0 unspecified atom stereocenters. The number of likely N-dealkylation sites (tertiary alicyclic amines) is 1. The van der Waals surface area contributed by atoms with Crippen molar-refractivity contribution in [3.63, 3.8) is 0 Å². The number of nitrogens with zero attached hydrogens (tertiary/aromatic N) is 1. The topological polar surface area (TPSA) is 15.3 Å². The Bertz CT molecular complexity index is 152. The van der Waals surface area contributed by atoms with Crippen molar-refractivity contribution < 1.29 is 0 Å². The molecule has 2 nitrogen and oxygen atoms in total. The minimum Gasteiger partial charge on any atom is -0.314 e. The molecule has 1 N–H and O–H groups in total. The first-order valence-electron chi connectivity index (χ1n) is 5.89. The van der Waals surface area contributed by atoms with Gasteiger partial charge in [0.15, 0.2) is 0 Å². The van der Waals surface area contributed by atoms with Gasteiger partial charge in [-0.15, -0.1) is 0 Å². The molecular formula is C12H26N2. The molecule has 0 amide bonds. The highest BCUT2D eigenvalue weighted by Crippen LogP contribution is 2.17. The summed E-state index contributed by atoms with van der Waals surface area (Å²) in [6.07, 6.45) is 3.92. The van der Waals surface area contributed by atoms with E-state index >= 15 is 0 Å². The van der Waals surface area contributed by atoms with Gasteiger partial charge in [-0.25, -0.2) is 0 Å². The van der Waals surface area contributed by atoms with Crippen LogP contribution in [-0.2, 0) is 0 Å². The first-order chi connectivity index (χ1) is 6.47. The van der Waals surface area contributed by atoms with Crippen molar-refractivity contribution in [1.82, 2.24) is 10.2 Å². The smallest absolute Gasteiger partial charge is 0.00914 e. The second-order valence-electron chi connectivity index (χ2n) is 5.84. The fourth-order valence-corrected chi connectivity index (χ4v) is 1.86. The van der Waals surface area contributed by atoms with Crippen LogP contribution in [0.5, 0.6) is 0 Å². The molecule has 0 saturated carbocycles. The lowest BCUT2D eigenvalue weighted by Gasteiger charge is -2.30. The molecule has 0 aromatic heterocycles. The van der Waals surface area contributed by atoms with Gasteiger partial charge in [0.05, 0.1) is 0 Å². The number of hydrogen-bond donors (Lipinski definition) is 1. The summed E-state index contributed by atoms with van der Waals surface area (Å²) in [5.41, 5.74) is 0.471. The number of piperidine rings is 1. The average Bonchev–Trinajstić information content (AvgIpc) is 2.06. The third-order valence-electron chi connectivity index (χ3n) is 3.03. The lowest BCUT2D eigenvalue weighted by molar-refractivity contribution is 0.229. The molecular weight excluding hydrogens is 172 g/mol. The van der Waals surface area contributed by atoms with Crippen LogP contribution in [0.1, 0.15) is 40.0 Å². The van der Waals surface area contributed by atoms with E-state index in [-0.39, 0.29) is 0 Å². The SMILES string of the molecule is CN1CCC(NCCC(C)(C)C)CC1. The van der Waals surface area contributed by atoms with E-state index in [0.717, 1.165) is 6.04 Å². The second-order valence-corrected chi connectivity index (χ2v) is 5.84. The summed E-state index contributed by atoms with van der Waals surface area (Å²) in [7, 11) is 2.21. The molecule has 14 heavy (non-hydrogen) atoms. The highest BCUT2D eigenvalue weighted by molar-refractivity contribution is 4.76. The van der Waals surface area contributed by atoms with Crippen LogP contribution in [-0.4, -0.2) is 37.6 Å². The quantitative estimate of drug-likeness (QED) is 0.747. The van der Waals surface area contributed by atoms with Crippen LogP contribution >= 0.6 is 0 Å². The molecule has 0 atom stereocenters. The summed E-state index contributed by atoms with van der Waals surface area (Å²) >= 11 is 0. The zero-order valence-electron chi connectivity index (χ0n) is 10.3. The van der Waals surface area contributed by atoms with E-state index in [9.17, 15) is 0 Å². The predicted octanol–water partition coefficient (Wildman–Crippen LogP) is 2.11. The third-order valence-corrected chi connectivity index (χ3v) is 3.03. The lowest BCUT2D eigenvalue weighted by Crippen LogP contribution is -2.41. The van der Waals surface area contributed by atoms with Crippen molar-refractivity contribution >= 4 is 0 Å². The van der Waals surface area contributed by atoms with E-state index in [4.69, 9.17) is 0 Å². The standard InChI is InChI=1S/C12H26N2/c1-12(2,3)7-8-13-11-5-9-14(4)10-6-11/h11,13H,5-10H2,1-4H3. The Hall–Kier alpha value is -0.0800. The monoisotopic (exact) mass is 198 g/mol. The summed E-state index contributed by atoms with van der Waals surface area (Å²) in [6.45, 7) is 10.6. The Morgan fingerprint density at radius 3 is 2.29 bits per heavy atom. The highest BCUT2D eigenvalue weighted by atomic mass is 15.1. The van der Waals surface area contributed by atoms with Crippen molar-refractivity contribution in [1.29, 1.82) is 0 Å². The largest absolute Gasteiger partial charge is 0.314 e. The minimum absolute atomic E-state index is 0.471. The van der Waals surface area contributed by atoms with Crippen LogP contribution in [0.4, 0.5) is 0 Å². The number of hydrogen-bond acceptors (Lipinski definition) is 2. The van der Waals surface area contributed by atoms with Crippen LogP contribution in [0.3, 0.4) is 0 Å². The fourth-order valence-electron chi connectivity index (χ4n) is 1.86. The number of rotatable bonds is 3. The van der Waals surface area contributed by atoms with E-state index in [1.54, 1.807) is 0 Å². The molecule has 0 aromatic carbocycles. The number of nitrogens with one attached hydrogen (secondary N) is 1. The molecule has 0 spiro atoms. The van der Waals surface area contributed by atoms with Crippen LogP contribution in [0.2, 0.25) is 0 Å². The Kier molecular flexibility index (Phi) is 4.39. The molecule has 1 aliphatic rings. The van der Waals surface area contributed by atoms with Crippen molar-refractivity contribution in [2.24, 2.45) is 5.41 Å². The summed E-state index contributed by atoms with van der Waals surface area (Å²) in [5, 5.41) is 3.67. The van der Waals surface area contributed by atoms with Crippen LogP contribution in [0, 0.1) is 5.41 Å². The maximum atomic E-state index is 3.67. The third kappa shape index (κ3) is 4.97. The van der Waals surface area contributed by atoms with Crippen molar-refractivity contribution in [2.45, 2.75) is 46.1 Å². The molecule has 1 fully saturated rings. The van der Waals surface area contributed by atoms with Gasteiger partial charge in [-0.2, -0.15) is 0 Å². The maximum absolute atomic E-state index is 3.67. The van der Waals surface area contributed by atoms with Gasteiger partial charge >= 0.3 is 0 Å². The zero-order valence-corrected chi connectivity index (χ0v) is 10.3. The Morgan fingerprint density at radius 2 is 1.79 bits per heavy atom. The molecule has 1 aliphatic heterocycles. The van der Waals surface area contributed by atoms with Crippen LogP contribution in [0.25, 0.3) is 0 Å². The first kappa shape index (κ1) is 12.0. The van der Waals surface area contributed by atoms with Gasteiger partial charge in [-0.05, 0) is 51.4 Å². The summed E-state index contributed by atoms with van der Waals surface area (Å²) in [5.74, 6) is 0.